The summed E-state index contributed by atoms with van der Waals surface area (Å²) in [5.41, 5.74) is 8.33. The lowest BCUT2D eigenvalue weighted by atomic mass is 10.0. The molecule has 37 heavy (non-hydrogen) atoms. The van der Waals surface area contributed by atoms with Crippen molar-refractivity contribution in [3.05, 3.63) is 64.2 Å². The fourth-order valence-electron chi connectivity index (χ4n) is 5.17. The van der Waals surface area contributed by atoms with Gasteiger partial charge in [-0.2, -0.15) is 0 Å². The Labute approximate surface area is 221 Å². The van der Waals surface area contributed by atoms with Gasteiger partial charge in [-0.05, 0) is 69.1 Å². The minimum atomic E-state index is -0.0404. The molecule has 1 aliphatic rings. The molecule has 0 saturated carbocycles. The van der Waals surface area contributed by atoms with Gasteiger partial charge in [-0.3, -0.25) is 14.3 Å². The van der Waals surface area contributed by atoms with Crippen LogP contribution in [-0.2, 0) is 13.0 Å². The molecule has 7 nitrogen and oxygen atoms in total. The fraction of sp³-hybridized carbons (Fsp3) is 0.533. The quantitative estimate of drug-likeness (QED) is 0.348. The molecular formula is C30H43N5O2. The van der Waals surface area contributed by atoms with E-state index in [9.17, 15) is 4.79 Å². The average molecular weight is 506 g/mol. The zero-order chi connectivity index (χ0) is 26.0. The molecule has 3 aromatic rings. The Balaban J connectivity index is 1.65. The lowest BCUT2D eigenvalue weighted by molar-refractivity contribution is 0.129. The van der Waals surface area contributed by atoms with Gasteiger partial charge >= 0.3 is 0 Å². The van der Waals surface area contributed by atoms with Gasteiger partial charge in [-0.1, -0.05) is 44.4 Å². The highest BCUT2D eigenvalue weighted by Crippen LogP contribution is 2.27. The number of aryl methyl sites for hydroxylation is 1. The first-order chi connectivity index (χ1) is 18.1. The first-order valence-electron chi connectivity index (χ1n) is 14.1. The Bertz CT molecular complexity index is 1200. The van der Waals surface area contributed by atoms with Crippen LogP contribution < -0.4 is 16.0 Å². The number of fused-ring (bicyclic) bond motifs is 1. The van der Waals surface area contributed by atoms with E-state index in [-0.39, 0.29) is 5.56 Å². The molecule has 0 atom stereocenters. The molecule has 0 amide bonds. The first kappa shape index (κ1) is 27.3. The van der Waals surface area contributed by atoms with E-state index in [0.717, 1.165) is 81.3 Å². The summed E-state index contributed by atoms with van der Waals surface area (Å²) < 4.78 is 7.90. The molecule has 0 radical (unpaired) electrons. The molecule has 1 aromatic heterocycles. The summed E-state index contributed by atoms with van der Waals surface area (Å²) in [7, 11) is 0. The fourth-order valence-corrected chi connectivity index (χ4v) is 5.17. The Morgan fingerprint density at radius 3 is 2.41 bits per heavy atom. The minimum Gasteiger partial charge on any atom is -0.492 e. The van der Waals surface area contributed by atoms with Crippen LogP contribution in [0, 0.1) is 0 Å². The van der Waals surface area contributed by atoms with Crippen molar-refractivity contribution in [1.82, 2.24) is 19.4 Å². The predicted molar refractivity (Wildman–Crippen MR) is 152 cm³/mol. The van der Waals surface area contributed by atoms with Crippen molar-refractivity contribution < 1.29 is 4.74 Å². The minimum absolute atomic E-state index is 0.0404. The van der Waals surface area contributed by atoms with E-state index in [4.69, 9.17) is 15.5 Å². The van der Waals surface area contributed by atoms with Crippen LogP contribution in [0.25, 0.3) is 16.6 Å². The monoisotopic (exact) mass is 505 g/mol. The summed E-state index contributed by atoms with van der Waals surface area (Å²) in [6.07, 6.45) is 6.88. The Morgan fingerprint density at radius 1 is 0.919 bits per heavy atom. The van der Waals surface area contributed by atoms with Gasteiger partial charge in [0.15, 0.2) is 0 Å². The highest BCUT2D eigenvalue weighted by atomic mass is 16.5. The van der Waals surface area contributed by atoms with Crippen molar-refractivity contribution in [3.8, 4) is 11.4 Å². The molecule has 7 heteroatoms. The van der Waals surface area contributed by atoms with Gasteiger partial charge in [0.2, 0.25) is 0 Å². The lowest BCUT2D eigenvalue weighted by Crippen LogP contribution is -2.46. The second kappa shape index (κ2) is 13.7. The van der Waals surface area contributed by atoms with E-state index in [1.165, 1.54) is 24.8 Å². The van der Waals surface area contributed by atoms with Crippen molar-refractivity contribution in [3.63, 3.8) is 0 Å². The smallest absolute Gasteiger partial charge is 0.266 e. The maximum atomic E-state index is 13.9. The van der Waals surface area contributed by atoms with Crippen molar-refractivity contribution in [2.75, 3.05) is 45.9 Å². The molecule has 0 unspecified atom stereocenters. The Kier molecular flexibility index (Phi) is 10.1. The van der Waals surface area contributed by atoms with E-state index < -0.39 is 0 Å². The van der Waals surface area contributed by atoms with E-state index >= 15 is 0 Å². The van der Waals surface area contributed by atoms with Crippen LogP contribution in [0.5, 0.6) is 5.75 Å². The van der Waals surface area contributed by atoms with Gasteiger partial charge < -0.3 is 15.4 Å². The molecule has 1 saturated heterocycles. The van der Waals surface area contributed by atoms with Crippen LogP contribution >= 0.6 is 0 Å². The molecular weight excluding hydrogens is 462 g/mol. The molecule has 0 spiro atoms. The molecule has 0 bridgehead atoms. The summed E-state index contributed by atoms with van der Waals surface area (Å²) in [5.74, 6) is 1.52. The summed E-state index contributed by atoms with van der Waals surface area (Å²) in [6, 6.07) is 13.9. The van der Waals surface area contributed by atoms with E-state index in [1.54, 1.807) is 4.57 Å². The molecule has 2 N–H and O–H groups in total. The number of aromatic nitrogens is 2. The molecule has 4 rings (SSSR count). The number of benzene rings is 2. The maximum Gasteiger partial charge on any atom is 0.266 e. The highest BCUT2D eigenvalue weighted by Gasteiger charge is 2.21. The zero-order valence-corrected chi connectivity index (χ0v) is 22.6. The number of rotatable bonds is 13. The zero-order valence-electron chi connectivity index (χ0n) is 22.6. The molecule has 0 aliphatic carbocycles. The first-order valence-corrected chi connectivity index (χ1v) is 14.1. The third-order valence-electron chi connectivity index (χ3n) is 7.36. The summed E-state index contributed by atoms with van der Waals surface area (Å²) in [6.45, 7) is 11.2. The van der Waals surface area contributed by atoms with E-state index in [0.29, 0.717) is 18.5 Å². The highest BCUT2D eigenvalue weighted by molar-refractivity contribution is 5.78. The van der Waals surface area contributed by atoms with Gasteiger partial charge in [-0.15, -0.1) is 0 Å². The maximum absolute atomic E-state index is 13.9. The van der Waals surface area contributed by atoms with Crippen molar-refractivity contribution in [1.29, 1.82) is 0 Å². The van der Waals surface area contributed by atoms with Crippen molar-refractivity contribution in [2.45, 2.75) is 58.9 Å². The van der Waals surface area contributed by atoms with Crippen LogP contribution in [0.1, 0.15) is 57.3 Å². The van der Waals surface area contributed by atoms with Crippen LogP contribution in [0.2, 0.25) is 0 Å². The van der Waals surface area contributed by atoms with E-state index in [1.807, 2.05) is 37.3 Å². The summed E-state index contributed by atoms with van der Waals surface area (Å²) in [5, 5.41) is 0.631. The largest absolute Gasteiger partial charge is 0.492 e. The third kappa shape index (κ3) is 6.98. The molecule has 200 valence electrons. The number of ether oxygens (including phenoxy) is 1. The number of hydrogen-bond acceptors (Lipinski definition) is 6. The second-order valence-electron chi connectivity index (χ2n) is 9.94. The van der Waals surface area contributed by atoms with Gasteiger partial charge in [0.05, 0.1) is 29.7 Å². The number of likely N-dealkylation sites (N-methyl/N-ethyl adjacent to an activating group) is 1. The number of unbranched alkanes of at least 4 members (excludes halogenated alkanes) is 4. The van der Waals surface area contributed by atoms with E-state index in [2.05, 4.69) is 28.9 Å². The second-order valence-corrected chi connectivity index (χ2v) is 9.94. The van der Waals surface area contributed by atoms with Crippen molar-refractivity contribution in [2.24, 2.45) is 5.73 Å². The summed E-state index contributed by atoms with van der Waals surface area (Å²) in [4.78, 5) is 23.7. The Hall–Kier alpha value is -2.74. The molecule has 1 aliphatic heterocycles. The van der Waals surface area contributed by atoms with Crippen molar-refractivity contribution >= 4 is 10.9 Å². The van der Waals surface area contributed by atoms with Gasteiger partial charge in [0, 0.05) is 26.2 Å². The van der Waals surface area contributed by atoms with Crippen LogP contribution in [0.3, 0.4) is 0 Å². The Morgan fingerprint density at radius 2 is 1.65 bits per heavy atom. The SMILES string of the molecule is CCOc1cc(CCCCCCCN)ccc1-n1c(CN2CCN(CC)CC2)nc2ccccc2c1=O. The van der Waals surface area contributed by atoms with Crippen LogP contribution in [-0.4, -0.2) is 65.2 Å². The molecule has 2 heterocycles. The number of nitrogens with zero attached hydrogens (tertiary/aromatic N) is 4. The van der Waals surface area contributed by atoms with Gasteiger partial charge in [0.25, 0.3) is 5.56 Å². The summed E-state index contributed by atoms with van der Waals surface area (Å²) >= 11 is 0. The van der Waals surface area contributed by atoms with Gasteiger partial charge in [-0.25, -0.2) is 4.98 Å². The topological polar surface area (TPSA) is 76.6 Å². The predicted octanol–water partition coefficient (Wildman–Crippen LogP) is 4.37. The number of piperazine rings is 1. The van der Waals surface area contributed by atoms with Crippen LogP contribution in [0.15, 0.2) is 47.3 Å². The lowest BCUT2D eigenvalue weighted by Gasteiger charge is -2.34. The molecule has 2 aromatic carbocycles. The normalized spacial score (nSPS) is 14.9. The van der Waals surface area contributed by atoms with Gasteiger partial charge in [0.1, 0.15) is 11.6 Å². The standard InChI is InChI=1S/C30H43N5O2/c1-3-33-18-20-34(21-19-33)23-29-32-26-14-10-9-13-25(26)30(36)35(29)27-16-15-24(22-28(27)37-4-2)12-8-6-5-7-11-17-31/h9-10,13-16,22H,3-8,11-12,17-21,23,31H2,1-2H3. The third-order valence-corrected chi connectivity index (χ3v) is 7.36. The molecule has 1 fully saturated rings. The number of hydrogen-bond donors (Lipinski definition) is 1. The number of para-hydroxylation sites is 1. The average Bonchev–Trinajstić information content (AvgIpc) is 2.92. The van der Waals surface area contributed by atoms with Crippen LogP contribution in [0.4, 0.5) is 0 Å². The number of nitrogens with two attached hydrogens (primary N) is 1.